The minimum absolute atomic E-state index is 0.0633. The molecule has 0 aliphatic heterocycles. The van der Waals surface area contributed by atoms with Crippen molar-refractivity contribution < 1.29 is 13.2 Å². The fourth-order valence-corrected chi connectivity index (χ4v) is 4.75. The number of benzene rings is 1. The monoisotopic (exact) mass is 441 g/mol. The first kappa shape index (κ1) is 22.9. The molecular formula is C19H27N3O3S3. The van der Waals surface area contributed by atoms with Gasteiger partial charge in [-0.25, -0.2) is 13.4 Å². The number of rotatable bonds is 9. The van der Waals surface area contributed by atoms with E-state index in [4.69, 9.17) is 0 Å². The molecule has 0 aliphatic rings. The molecular weight excluding hydrogens is 414 g/mol. The van der Waals surface area contributed by atoms with Gasteiger partial charge in [-0.1, -0.05) is 32.9 Å². The largest absolute Gasteiger partial charge is 0.349 e. The van der Waals surface area contributed by atoms with Crippen LogP contribution in [-0.4, -0.2) is 37.4 Å². The predicted octanol–water partition coefficient (Wildman–Crippen LogP) is 3.16. The SMILES string of the molecule is CSCCC(NS(=O)(=O)c1ccc(C(C)(C)C)cc1)C(=O)NCc1cscn1. The summed E-state index contributed by atoms with van der Waals surface area (Å²) in [5.41, 5.74) is 3.43. The van der Waals surface area contributed by atoms with Gasteiger partial charge < -0.3 is 5.32 Å². The van der Waals surface area contributed by atoms with Crippen molar-refractivity contribution >= 4 is 39.0 Å². The summed E-state index contributed by atoms with van der Waals surface area (Å²) in [6.45, 7) is 6.49. The van der Waals surface area contributed by atoms with Gasteiger partial charge in [-0.3, -0.25) is 4.79 Å². The molecule has 1 aromatic heterocycles. The van der Waals surface area contributed by atoms with Crippen LogP contribution >= 0.6 is 23.1 Å². The summed E-state index contributed by atoms with van der Waals surface area (Å²) in [5, 5.41) is 4.61. The van der Waals surface area contributed by atoms with Crippen molar-refractivity contribution in [1.29, 1.82) is 0 Å². The number of hydrogen-bond donors (Lipinski definition) is 2. The number of aromatic nitrogens is 1. The third-order valence-corrected chi connectivity index (χ3v) is 6.95. The number of thioether (sulfide) groups is 1. The molecule has 1 atom stereocenters. The van der Waals surface area contributed by atoms with E-state index in [0.717, 1.165) is 11.3 Å². The Bertz CT molecular complexity index is 858. The van der Waals surface area contributed by atoms with E-state index in [0.29, 0.717) is 12.2 Å². The normalized spacial score (nSPS) is 13.3. The fourth-order valence-electron chi connectivity index (χ4n) is 2.49. The van der Waals surface area contributed by atoms with Crippen molar-refractivity contribution in [2.75, 3.05) is 12.0 Å². The molecule has 2 N–H and O–H groups in total. The number of nitrogens with one attached hydrogen (secondary N) is 2. The molecule has 9 heteroatoms. The molecule has 6 nitrogen and oxygen atoms in total. The molecule has 0 radical (unpaired) electrons. The molecule has 1 aromatic carbocycles. The summed E-state index contributed by atoms with van der Waals surface area (Å²) >= 11 is 3.01. The summed E-state index contributed by atoms with van der Waals surface area (Å²) in [5.74, 6) is 0.317. The molecule has 1 unspecified atom stereocenters. The number of hydrogen-bond acceptors (Lipinski definition) is 6. The molecule has 0 bridgehead atoms. The Balaban J connectivity index is 2.11. The van der Waals surface area contributed by atoms with Crippen molar-refractivity contribution in [2.45, 2.75) is 50.1 Å². The minimum atomic E-state index is -3.80. The van der Waals surface area contributed by atoms with Gasteiger partial charge in [0, 0.05) is 5.38 Å². The van der Waals surface area contributed by atoms with E-state index in [1.165, 1.54) is 11.3 Å². The van der Waals surface area contributed by atoms with E-state index < -0.39 is 16.1 Å². The molecule has 1 heterocycles. The van der Waals surface area contributed by atoms with Gasteiger partial charge in [0.25, 0.3) is 0 Å². The van der Waals surface area contributed by atoms with Crippen LogP contribution < -0.4 is 10.0 Å². The van der Waals surface area contributed by atoms with Crippen molar-refractivity contribution in [2.24, 2.45) is 0 Å². The number of carbonyl (C=O) groups is 1. The molecule has 0 saturated carbocycles. The summed E-state index contributed by atoms with van der Waals surface area (Å²) in [6.07, 6.45) is 2.33. The fraction of sp³-hybridized carbons (Fsp3) is 0.474. The number of sulfonamides is 1. The maximum atomic E-state index is 12.8. The van der Waals surface area contributed by atoms with E-state index in [9.17, 15) is 13.2 Å². The maximum absolute atomic E-state index is 12.8. The third-order valence-electron chi connectivity index (χ3n) is 4.18. The highest BCUT2D eigenvalue weighted by atomic mass is 32.2. The Hall–Kier alpha value is -1.42. The molecule has 1 amide bonds. The van der Waals surface area contributed by atoms with E-state index in [-0.39, 0.29) is 22.8 Å². The number of carbonyl (C=O) groups excluding carboxylic acids is 1. The second-order valence-electron chi connectivity index (χ2n) is 7.43. The zero-order chi connectivity index (χ0) is 20.8. The predicted molar refractivity (Wildman–Crippen MR) is 116 cm³/mol. The molecule has 0 fully saturated rings. The smallest absolute Gasteiger partial charge is 0.241 e. The van der Waals surface area contributed by atoms with Crippen LogP contribution in [0.1, 0.15) is 38.4 Å². The van der Waals surface area contributed by atoms with Crippen LogP contribution in [0.4, 0.5) is 0 Å². The van der Waals surface area contributed by atoms with Gasteiger partial charge >= 0.3 is 0 Å². The highest BCUT2D eigenvalue weighted by molar-refractivity contribution is 7.98. The summed E-state index contributed by atoms with van der Waals surface area (Å²) in [7, 11) is -3.80. The van der Waals surface area contributed by atoms with E-state index in [1.807, 2.05) is 23.8 Å². The summed E-state index contributed by atoms with van der Waals surface area (Å²) in [6, 6.07) is 5.96. The van der Waals surface area contributed by atoms with Gasteiger partial charge in [0.05, 0.1) is 22.6 Å². The quantitative estimate of drug-likeness (QED) is 0.624. The van der Waals surface area contributed by atoms with Gasteiger partial charge in [-0.15, -0.1) is 11.3 Å². The highest BCUT2D eigenvalue weighted by Crippen LogP contribution is 2.23. The first-order valence-corrected chi connectivity index (χ1v) is 12.7. The first-order chi connectivity index (χ1) is 13.1. The topological polar surface area (TPSA) is 88.2 Å². The van der Waals surface area contributed by atoms with Crippen LogP contribution in [0.15, 0.2) is 40.1 Å². The van der Waals surface area contributed by atoms with E-state index in [2.05, 4.69) is 35.8 Å². The van der Waals surface area contributed by atoms with Gasteiger partial charge in [0.1, 0.15) is 6.04 Å². The number of amides is 1. The van der Waals surface area contributed by atoms with Gasteiger partial charge in [0.2, 0.25) is 15.9 Å². The highest BCUT2D eigenvalue weighted by Gasteiger charge is 2.26. The minimum Gasteiger partial charge on any atom is -0.349 e. The average molecular weight is 442 g/mol. The Morgan fingerprint density at radius 3 is 2.46 bits per heavy atom. The second-order valence-corrected chi connectivity index (χ2v) is 10.8. The Morgan fingerprint density at radius 2 is 1.93 bits per heavy atom. The molecule has 0 spiro atoms. The zero-order valence-electron chi connectivity index (χ0n) is 16.6. The first-order valence-electron chi connectivity index (χ1n) is 8.90. The number of thiazole rings is 1. The lowest BCUT2D eigenvalue weighted by molar-refractivity contribution is -0.122. The summed E-state index contributed by atoms with van der Waals surface area (Å²) in [4.78, 5) is 16.8. The average Bonchev–Trinajstić information content (AvgIpc) is 3.16. The lowest BCUT2D eigenvalue weighted by atomic mass is 9.87. The van der Waals surface area contributed by atoms with Gasteiger partial charge in [-0.05, 0) is 41.5 Å². The van der Waals surface area contributed by atoms with Crippen LogP contribution in [-0.2, 0) is 26.8 Å². The lowest BCUT2D eigenvalue weighted by Crippen LogP contribution is -2.46. The van der Waals surface area contributed by atoms with Crippen LogP contribution in [0.2, 0.25) is 0 Å². The van der Waals surface area contributed by atoms with Crippen LogP contribution in [0.3, 0.4) is 0 Å². The van der Waals surface area contributed by atoms with Gasteiger partial charge in [0.15, 0.2) is 0 Å². The number of nitrogens with zero attached hydrogens (tertiary/aromatic N) is 1. The Morgan fingerprint density at radius 1 is 1.25 bits per heavy atom. The van der Waals surface area contributed by atoms with Gasteiger partial charge in [-0.2, -0.15) is 16.5 Å². The molecule has 154 valence electrons. The van der Waals surface area contributed by atoms with Crippen molar-refractivity contribution in [3.8, 4) is 0 Å². The summed E-state index contributed by atoms with van der Waals surface area (Å²) < 4.78 is 28.2. The van der Waals surface area contributed by atoms with Crippen molar-refractivity contribution in [3.05, 3.63) is 46.4 Å². The van der Waals surface area contributed by atoms with Crippen molar-refractivity contribution in [3.63, 3.8) is 0 Å². The zero-order valence-corrected chi connectivity index (χ0v) is 19.0. The van der Waals surface area contributed by atoms with E-state index >= 15 is 0 Å². The van der Waals surface area contributed by atoms with E-state index in [1.54, 1.807) is 29.4 Å². The Kier molecular flexibility index (Phi) is 8.06. The Labute approximate surface area is 175 Å². The molecule has 2 aromatic rings. The van der Waals surface area contributed by atoms with Crippen LogP contribution in [0.25, 0.3) is 0 Å². The second kappa shape index (κ2) is 9.87. The standard InChI is InChI=1S/C19H27N3O3S3/c1-19(2,3)14-5-7-16(8-6-14)28(24,25)22-17(9-10-26-4)18(23)20-11-15-12-27-13-21-15/h5-8,12-13,17,22H,9-11H2,1-4H3,(H,20,23). The maximum Gasteiger partial charge on any atom is 0.241 e. The molecule has 0 aliphatic carbocycles. The van der Waals surface area contributed by atoms with Crippen molar-refractivity contribution in [1.82, 2.24) is 15.0 Å². The third kappa shape index (κ3) is 6.58. The lowest BCUT2D eigenvalue weighted by Gasteiger charge is -2.20. The molecule has 0 saturated heterocycles. The van der Waals surface area contributed by atoms with Crippen LogP contribution in [0, 0.1) is 0 Å². The van der Waals surface area contributed by atoms with Crippen LogP contribution in [0.5, 0.6) is 0 Å². The molecule has 28 heavy (non-hydrogen) atoms. The molecule has 2 rings (SSSR count).